The van der Waals surface area contributed by atoms with E-state index in [2.05, 4.69) is 10.6 Å². The molecule has 0 spiro atoms. The number of benzene rings is 3. The number of nitrogens with zero attached hydrogens (tertiary/aromatic N) is 1. The second-order valence-electron chi connectivity index (χ2n) is 10.4. The van der Waals surface area contributed by atoms with Gasteiger partial charge in [0, 0.05) is 12.2 Å². The predicted octanol–water partition coefficient (Wildman–Crippen LogP) is 5.86. The molecule has 4 rings (SSSR count). The molecule has 1 heterocycles. The molecule has 1 fully saturated rings. The molecule has 2 atom stereocenters. The van der Waals surface area contributed by atoms with Gasteiger partial charge in [0.25, 0.3) is 0 Å². The largest absolute Gasteiger partial charge is 0.457 e. The standard InChI is InChI=1S/C30H32FN3O6/c1-30(2,3)40-29(37)34-18-23(33-28(36)38-19-20-7-5-4-6-8-20)17-26(34)27(35)32-22-11-15-25(16-12-22)39-24-13-9-21(31)10-14-24/h4-16,23,26H,17-19H2,1-3H3,(H,32,35)(H,33,36)/t23-,26+/m1/s1. The summed E-state index contributed by atoms with van der Waals surface area (Å²) in [5.74, 6) is 0.177. The summed E-state index contributed by atoms with van der Waals surface area (Å²) in [6.07, 6.45) is -1.12. The fourth-order valence-electron chi connectivity index (χ4n) is 4.11. The Hall–Kier alpha value is -4.60. The van der Waals surface area contributed by atoms with Gasteiger partial charge in [0.2, 0.25) is 5.91 Å². The number of carbonyl (C=O) groups is 3. The molecule has 3 amide bonds. The molecule has 40 heavy (non-hydrogen) atoms. The summed E-state index contributed by atoms with van der Waals surface area (Å²) in [7, 11) is 0. The zero-order valence-corrected chi connectivity index (χ0v) is 22.6. The van der Waals surface area contributed by atoms with Crippen LogP contribution < -0.4 is 15.4 Å². The molecule has 0 unspecified atom stereocenters. The normalized spacial score (nSPS) is 16.6. The molecule has 9 nitrogen and oxygen atoms in total. The fourth-order valence-corrected chi connectivity index (χ4v) is 4.11. The lowest BCUT2D eigenvalue weighted by atomic mass is 10.1. The van der Waals surface area contributed by atoms with Crippen LogP contribution in [0.2, 0.25) is 0 Å². The second kappa shape index (κ2) is 12.5. The van der Waals surface area contributed by atoms with Crippen molar-refractivity contribution in [2.24, 2.45) is 0 Å². The van der Waals surface area contributed by atoms with Gasteiger partial charge >= 0.3 is 12.2 Å². The van der Waals surface area contributed by atoms with Crippen molar-refractivity contribution >= 4 is 23.8 Å². The van der Waals surface area contributed by atoms with Gasteiger partial charge in [0.05, 0.1) is 6.04 Å². The Morgan fingerprint density at radius 3 is 2.17 bits per heavy atom. The van der Waals surface area contributed by atoms with Crippen LogP contribution in [-0.2, 0) is 20.9 Å². The van der Waals surface area contributed by atoms with Crippen LogP contribution in [0.5, 0.6) is 11.5 Å². The van der Waals surface area contributed by atoms with E-state index >= 15 is 0 Å². The molecule has 2 N–H and O–H groups in total. The summed E-state index contributed by atoms with van der Waals surface area (Å²) in [6.45, 7) is 5.39. The molecule has 0 bridgehead atoms. The van der Waals surface area contributed by atoms with Gasteiger partial charge in [-0.2, -0.15) is 0 Å². The summed E-state index contributed by atoms with van der Waals surface area (Å²) in [5.41, 5.74) is 0.559. The Balaban J connectivity index is 1.38. The van der Waals surface area contributed by atoms with Crippen LogP contribution in [0.4, 0.5) is 19.7 Å². The van der Waals surface area contributed by atoms with E-state index < -0.39 is 35.8 Å². The van der Waals surface area contributed by atoms with E-state index in [-0.39, 0.29) is 25.4 Å². The number of anilines is 1. The lowest BCUT2D eigenvalue weighted by molar-refractivity contribution is -0.120. The zero-order valence-electron chi connectivity index (χ0n) is 22.6. The van der Waals surface area contributed by atoms with Gasteiger partial charge in [-0.15, -0.1) is 0 Å². The van der Waals surface area contributed by atoms with Crippen molar-refractivity contribution in [1.82, 2.24) is 10.2 Å². The molecule has 0 aromatic heterocycles. The molecule has 0 aliphatic carbocycles. The third-order valence-electron chi connectivity index (χ3n) is 5.94. The van der Waals surface area contributed by atoms with Crippen molar-refractivity contribution in [2.75, 3.05) is 11.9 Å². The third kappa shape index (κ3) is 8.20. The molecule has 1 aliphatic rings. The topological polar surface area (TPSA) is 106 Å². The van der Waals surface area contributed by atoms with Crippen LogP contribution >= 0.6 is 0 Å². The number of halogens is 1. The van der Waals surface area contributed by atoms with E-state index in [1.54, 1.807) is 45.0 Å². The van der Waals surface area contributed by atoms with Crippen LogP contribution in [0.3, 0.4) is 0 Å². The van der Waals surface area contributed by atoms with Crippen molar-refractivity contribution < 1.29 is 33.0 Å². The molecule has 1 aliphatic heterocycles. The summed E-state index contributed by atoms with van der Waals surface area (Å²) < 4.78 is 29.6. The Bertz CT molecular complexity index is 1310. The van der Waals surface area contributed by atoms with E-state index in [1.807, 2.05) is 30.3 Å². The van der Waals surface area contributed by atoms with E-state index in [1.165, 1.54) is 29.2 Å². The summed E-state index contributed by atoms with van der Waals surface area (Å²) in [4.78, 5) is 40.0. The van der Waals surface area contributed by atoms with Gasteiger partial charge in [0.15, 0.2) is 0 Å². The van der Waals surface area contributed by atoms with Crippen molar-refractivity contribution in [3.8, 4) is 11.5 Å². The maximum Gasteiger partial charge on any atom is 0.411 e. The molecule has 210 valence electrons. The van der Waals surface area contributed by atoms with Crippen LogP contribution in [0.25, 0.3) is 0 Å². The number of amides is 3. The van der Waals surface area contributed by atoms with Crippen molar-refractivity contribution in [3.05, 3.63) is 90.2 Å². The number of alkyl carbamates (subject to hydrolysis) is 1. The first-order chi connectivity index (χ1) is 19.1. The number of hydrogen-bond donors (Lipinski definition) is 2. The number of rotatable bonds is 7. The first-order valence-electron chi connectivity index (χ1n) is 12.9. The van der Waals surface area contributed by atoms with Crippen LogP contribution in [0.1, 0.15) is 32.8 Å². The van der Waals surface area contributed by atoms with Gasteiger partial charge < -0.3 is 24.8 Å². The first kappa shape index (κ1) is 28.4. The summed E-state index contributed by atoms with van der Waals surface area (Å²) in [6, 6.07) is 20.1. The third-order valence-corrected chi connectivity index (χ3v) is 5.94. The molecular weight excluding hydrogens is 517 g/mol. The molecule has 3 aromatic rings. The highest BCUT2D eigenvalue weighted by molar-refractivity contribution is 5.97. The van der Waals surface area contributed by atoms with E-state index in [0.717, 1.165) is 5.56 Å². The van der Waals surface area contributed by atoms with Crippen molar-refractivity contribution in [2.45, 2.75) is 51.5 Å². The first-order valence-corrected chi connectivity index (χ1v) is 12.9. The number of likely N-dealkylation sites (tertiary alicyclic amines) is 1. The SMILES string of the molecule is CC(C)(C)OC(=O)N1C[C@H](NC(=O)OCc2ccccc2)C[C@H]1C(=O)Nc1ccc(Oc2ccc(F)cc2)cc1. The van der Waals surface area contributed by atoms with Gasteiger partial charge in [-0.05, 0) is 81.3 Å². The highest BCUT2D eigenvalue weighted by Gasteiger charge is 2.42. The molecule has 10 heteroatoms. The molecular formula is C30H32FN3O6. The van der Waals surface area contributed by atoms with Gasteiger partial charge in [-0.1, -0.05) is 30.3 Å². The van der Waals surface area contributed by atoms with E-state index in [9.17, 15) is 18.8 Å². The average molecular weight is 550 g/mol. The number of carbonyl (C=O) groups excluding carboxylic acids is 3. The number of hydrogen-bond acceptors (Lipinski definition) is 6. The summed E-state index contributed by atoms with van der Waals surface area (Å²) >= 11 is 0. The minimum absolute atomic E-state index is 0.0812. The maximum absolute atomic E-state index is 13.3. The van der Waals surface area contributed by atoms with Gasteiger partial charge in [-0.3, -0.25) is 9.69 Å². The molecule has 0 radical (unpaired) electrons. The second-order valence-corrected chi connectivity index (χ2v) is 10.4. The molecule has 0 saturated carbocycles. The monoisotopic (exact) mass is 549 g/mol. The summed E-state index contributed by atoms with van der Waals surface area (Å²) in [5, 5.41) is 5.56. The van der Waals surface area contributed by atoms with Crippen LogP contribution in [-0.4, -0.2) is 47.2 Å². The minimum Gasteiger partial charge on any atom is -0.457 e. The molecule has 3 aromatic carbocycles. The minimum atomic E-state index is -0.885. The molecule has 1 saturated heterocycles. The number of ether oxygens (including phenoxy) is 3. The fraction of sp³-hybridized carbons (Fsp3) is 0.300. The van der Waals surface area contributed by atoms with Crippen LogP contribution in [0.15, 0.2) is 78.9 Å². The van der Waals surface area contributed by atoms with Crippen LogP contribution in [0, 0.1) is 5.82 Å². The van der Waals surface area contributed by atoms with E-state index in [4.69, 9.17) is 14.2 Å². The lowest BCUT2D eigenvalue weighted by Crippen LogP contribution is -2.45. The Labute approximate surface area is 232 Å². The Morgan fingerprint density at radius 2 is 1.55 bits per heavy atom. The number of nitrogens with one attached hydrogen (secondary N) is 2. The average Bonchev–Trinajstić information content (AvgIpc) is 3.34. The van der Waals surface area contributed by atoms with Gasteiger partial charge in [0.1, 0.15) is 35.6 Å². The smallest absolute Gasteiger partial charge is 0.411 e. The van der Waals surface area contributed by atoms with Crippen molar-refractivity contribution in [3.63, 3.8) is 0 Å². The zero-order chi connectivity index (χ0) is 28.7. The van der Waals surface area contributed by atoms with Crippen molar-refractivity contribution in [1.29, 1.82) is 0 Å². The quantitative estimate of drug-likeness (QED) is 0.382. The Morgan fingerprint density at radius 1 is 0.925 bits per heavy atom. The predicted molar refractivity (Wildman–Crippen MR) is 146 cm³/mol. The highest BCUT2D eigenvalue weighted by Crippen LogP contribution is 2.26. The maximum atomic E-state index is 13.3. The Kier molecular flexibility index (Phi) is 8.88. The van der Waals surface area contributed by atoms with E-state index in [0.29, 0.717) is 17.2 Å². The van der Waals surface area contributed by atoms with Gasteiger partial charge in [-0.25, -0.2) is 14.0 Å². The highest BCUT2D eigenvalue weighted by atomic mass is 19.1. The lowest BCUT2D eigenvalue weighted by Gasteiger charge is -2.28.